The van der Waals surface area contributed by atoms with Crippen molar-refractivity contribution in [1.82, 2.24) is 10.2 Å². The minimum absolute atomic E-state index is 0.0116. The predicted molar refractivity (Wildman–Crippen MR) is 72.4 cm³/mol. The summed E-state index contributed by atoms with van der Waals surface area (Å²) in [7, 11) is -0.895. The van der Waals surface area contributed by atoms with Gasteiger partial charge >= 0.3 is 0 Å². The molecule has 1 N–H and O–H groups in total. The number of benzene rings is 1. The topological polar surface area (TPSA) is 49.4 Å². The summed E-state index contributed by atoms with van der Waals surface area (Å²) in [6.07, 6.45) is -0.248. The van der Waals surface area contributed by atoms with Gasteiger partial charge in [-0.25, -0.2) is 4.39 Å². The normalized spacial score (nSPS) is 20.8. The van der Waals surface area contributed by atoms with Gasteiger partial charge in [-0.2, -0.15) is 0 Å². The van der Waals surface area contributed by atoms with Crippen molar-refractivity contribution in [2.45, 2.75) is 13.1 Å². The Labute approximate surface area is 114 Å². The third-order valence-corrected chi connectivity index (χ3v) is 4.43. The average molecular weight is 284 g/mol. The van der Waals surface area contributed by atoms with E-state index in [2.05, 4.69) is 5.32 Å². The molecule has 0 saturated carbocycles. The Morgan fingerprint density at radius 2 is 2.11 bits per heavy atom. The number of carbonyl (C=O) groups excluding carboxylic acids is 1. The molecular formula is C13H17FN2O2S. The van der Waals surface area contributed by atoms with Gasteiger partial charge in [0, 0.05) is 28.9 Å². The first-order valence-electron chi connectivity index (χ1n) is 6.25. The highest BCUT2D eigenvalue weighted by atomic mass is 32.2. The average Bonchev–Trinajstić information content (AvgIpc) is 2.78. The van der Waals surface area contributed by atoms with Crippen LogP contribution in [0, 0.1) is 5.82 Å². The van der Waals surface area contributed by atoms with Gasteiger partial charge in [-0.1, -0.05) is 19.1 Å². The first kappa shape index (κ1) is 14.1. The van der Waals surface area contributed by atoms with Gasteiger partial charge in [0.25, 0.3) is 0 Å². The Balaban J connectivity index is 2.08. The van der Waals surface area contributed by atoms with Crippen molar-refractivity contribution >= 4 is 16.7 Å². The van der Waals surface area contributed by atoms with Gasteiger partial charge in [0.05, 0.1) is 6.54 Å². The maximum Gasteiger partial charge on any atom is 0.238 e. The van der Waals surface area contributed by atoms with Crippen molar-refractivity contribution in [3.8, 4) is 0 Å². The van der Waals surface area contributed by atoms with Crippen LogP contribution in [0.2, 0.25) is 0 Å². The van der Waals surface area contributed by atoms with Crippen LogP contribution in [-0.4, -0.2) is 39.6 Å². The zero-order chi connectivity index (χ0) is 13.8. The molecule has 1 aliphatic rings. The highest BCUT2D eigenvalue weighted by molar-refractivity contribution is 7.84. The third kappa shape index (κ3) is 3.39. The molecule has 2 unspecified atom stereocenters. The fourth-order valence-electron chi connectivity index (χ4n) is 2.08. The minimum atomic E-state index is -0.895. The van der Waals surface area contributed by atoms with Crippen molar-refractivity contribution in [1.29, 1.82) is 0 Å². The van der Waals surface area contributed by atoms with Gasteiger partial charge in [-0.15, -0.1) is 0 Å². The smallest absolute Gasteiger partial charge is 0.238 e. The predicted octanol–water partition coefficient (Wildman–Crippen LogP) is 1.02. The third-order valence-electron chi connectivity index (χ3n) is 3.15. The number of carbonyl (C=O) groups is 1. The minimum Gasteiger partial charge on any atom is -0.321 e. The number of nitrogens with zero attached hydrogens (tertiary/aromatic N) is 1. The second-order valence-corrected chi connectivity index (χ2v) is 6.22. The van der Waals surface area contributed by atoms with Crippen LogP contribution >= 0.6 is 0 Å². The van der Waals surface area contributed by atoms with Crippen LogP contribution < -0.4 is 5.32 Å². The highest BCUT2D eigenvalue weighted by Crippen LogP contribution is 2.22. The lowest BCUT2D eigenvalue weighted by atomic mass is 10.1. The molecule has 104 valence electrons. The van der Waals surface area contributed by atoms with Crippen molar-refractivity contribution < 1.29 is 13.4 Å². The van der Waals surface area contributed by atoms with Gasteiger partial charge in [0.1, 0.15) is 12.0 Å². The molecule has 0 aromatic heterocycles. The van der Waals surface area contributed by atoms with E-state index in [4.69, 9.17) is 0 Å². The number of nitrogens with one attached hydrogen (secondary N) is 1. The lowest BCUT2D eigenvalue weighted by molar-refractivity contribution is -0.127. The van der Waals surface area contributed by atoms with E-state index in [9.17, 15) is 13.4 Å². The number of halogens is 1. The van der Waals surface area contributed by atoms with E-state index < -0.39 is 10.8 Å². The van der Waals surface area contributed by atoms with Crippen LogP contribution in [0.3, 0.4) is 0 Å². The quantitative estimate of drug-likeness (QED) is 0.878. The molecule has 1 fully saturated rings. The summed E-state index contributed by atoms with van der Waals surface area (Å²) in [6, 6.07) is 6.08. The lowest BCUT2D eigenvalue weighted by Gasteiger charge is -2.24. The molecule has 0 radical (unpaired) electrons. The van der Waals surface area contributed by atoms with Crippen LogP contribution in [0.1, 0.15) is 18.7 Å². The van der Waals surface area contributed by atoms with Crippen molar-refractivity contribution in [2.75, 3.05) is 24.6 Å². The van der Waals surface area contributed by atoms with Gasteiger partial charge in [-0.05, 0) is 17.7 Å². The Kier molecular flexibility index (Phi) is 4.66. The maximum absolute atomic E-state index is 12.9. The van der Waals surface area contributed by atoms with Crippen LogP contribution in [0.15, 0.2) is 24.3 Å². The van der Waals surface area contributed by atoms with E-state index in [1.54, 1.807) is 17.0 Å². The summed E-state index contributed by atoms with van der Waals surface area (Å²) in [5.74, 6) is 0.757. The molecule has 0 spiro atoms. The maximum atomic E-state index is 12.9. The Bertz CT molecular complexity index is 478. The second kappa shape index (κ2) is 6.25. The molecule has 2 atom stereocenters. The molecule has 2 rings (SSSR count). The van der Waals surface area contributed by atoms with E-state index in [1.165, 1.54) is 12.1 Å². The highest BCUT2D eigenvalue weighted by Gasteiger charge is 2.31. The summed E-state index contributed by atoms with van der Waals surface area (Å²) in [4.78, 5) is 13.5. The zero-order valence-corrected chi connectivity index (χ0v) is 11.6. The first-order chi connectivity index (χ1) is 9.11. The zero-order valence-electron chi connectivity index (χ0n) is 10.8. The molecular weight excluding hydrogens is 267 g/mol. The van der Waals surface area contributed by atoms with E-state index in [0.29, 0.717) is 18.1 Å². The second-order valence-electron chi connectivity index (χ2n) is 4.35. The summed E-state index contributed by atoms with van der Waals surface area (Å²) in [5.41, 5.74) is 0.842. The molecule has 19 heavy (non-hydrogen) atoms. The van der Waals surface area contributed by atoms with E-state index in [1.807, 2.05) is 6.92 Å². The number of rotatable bonds is 5. The summed E-state index contributed by atoms with van der Waals surface area (Å²) < 4.78 is 24.4. The molecule has 1 aromatic carbocycles. The molecule has 1 aliphatic heterocycles. The molecule has 1 aromatic rings. The number of hydrogen-bond acceptors (Lipinski definition) is 3. The van der Waals surface area contributed by atoms with Gasteiger partial charge in [-0.3, -0.25) is 14.3 Å². The first-order valence-corrected chi connectivity index (χ1v) is 7.74. The molecule has 1 saturated heterocycles. The van der Waals surface area contributed by atoms with Crippen LogP contribution in [0.5, 0.6) is 0 Å². The van der Waals surface area contributed by atoms with Crippen LogP contribution in [0.25, 0.3) is 0 Å². The Morgan fingerprint density at radius 3 is 2.74 bits per heavy atom. The molecule has 4 nitrogen and oxygen atoms in total. The van der Waals surface area contributed by atoms with Crippen molar-refractivity contribution in [3.63, 3.8) is 0 Å². The van der Waals surface area contributed by atoms with E-state index in [0.717, 1.165) is 5.56 Å². The van der Waals surface area contributed by atoms with Crippen LogP contribution in [0.4, 0.5) is 4.39 Å². The fourth-order valence-corrected chi connectivity index (χ4v) is 2.77. The largest absolute Gasteiger partial charge is 0.321 e. The fraction of sp³-hybridized carbons (Fsp3) is 0.462. The molecule has 6 heteroatoms. The Hall–Kier alpha value is -1.27. The summed E-state index contributed by atoms with van der Waals surface area (Å²) in [6.45, 7) is 2.58. The number of hydrogen-bond donors (Lipinski definition) is 1. The molecule has 1 amide bonds. The lowest BCUT2D eigenvalue weighted by Crippen LogP contribution is -2.33. The molecule has 0 bridgehead atoms. The van der Waals surface area contributed by atoms with E-state index in [-0.39, 0.29) is 24.4 Å². The summed E-state index contributed by atoms with van der Waals surface area (Å²) >= 11 is 0. The number of amides is 1. The van der Waals surface area contributed by atoms with Gasteiger partial charge in [0.2, 0.25) is 5.91 Å². The SMILES string of the molecule is CCS(=O)CCN1C(=O)CNC1c1ccc(F)cc1. The molecule has 0 aliphatic carbocycles. The van der Waals surface area contributed by atoms with Crippen LogP contribution in [-0.2, 0) is 15.6 Å². The van der Waals surface area contributed by atoms with E-state index >= 15 is 0 Å². The molecule has 1 heterocycles. The Morgan fingerprint density at radius 1 is 1.42 bits per heavy atom. The van der Waals surface area contributed by atoms with Gasteiger partial charge < -0.3 is 4.90 Å². The van der Waals surface area contributed by atoms with Crippen molar-refractivity contribution in [2.24, 2.45) is 0 Å². The standard InChI is InChI=1S/C13H17FN2O2S/c1-2-19(18)8-7-16-12(17)9-15-13(16)10-3-5-11(14)6-4-10/h3-6,13,15H,2,7-9H2,1H3. The monoisotopic (exact) mass is 284 g/mol. The van der Waals surface area contributed by atoms with Crippen molar-refractivity contribution in [3.05, 3.63) is 35.6 Å². The van der Waals surface area contributed by atoms with Gasteiger partial charge in [0.15, 0.2) is 0 Å². The summed E-state index contributed by atoms with van der Waals surface area (Å²) in [5, 5.41) is 3.09.